The molecule has 7 nitrogen and oxygen atoms in total. The van der Waals surface area contributed by atoms with Crippen LogP contribution in [0.3, 0.4) is 0 Å². The molecule has 178 valence electrons. The lowest BCUT2D eigenvalue weighted by molar-refractivity contribution is -0.134. The van der Waals surface area contributed by atoms with Crippen LogP contribution in [-0.2, 0) is 19.6 Å². The molecular formula is C24H30N2O5S2. The Morgan fingerprint density at radius 2 is 1.55 bits per heavy atom. The highest BCUT2D eigenvalue weighted by molar-refractivity contribution is 7.89. The van der Waals surface area contributed by atoms with Crippen molar-refractivity contribution in [2.75, 3.05) is 26.2 Å². The second-order valence-electron chi connectivity index (χ2n) is 8.43. The molecule has 1 aromatic carbocycles. The number of benzene rings is 1. The predicted octanol–water partition coefficient (Wildman–Crippen LogP) is 3.52. The van der Waals surface area contributed by atoms with Crippen LogP contribution in [0.2, 0.25) is 0 Å². The number of hydrogen-bond acceptors (Lipinski definition) is 6. The van der Waals surface area contributed by atoms with Crippen LogP contribution in [0.15, 0.2) is 35.2 Å². The summed E-state index contributed by atoms with van der Waals surface area (Å²) >= 11 is 1.42. The number of piperazine rings is 1. The van der Waals surface area contributed by atoms with Crippen molar-refractivity contribution in [3.8, 4) is 0 Å². The molecule has 2 heterocycles. The van der Waals surface area contributed by atoms with Crippen LogP contribution in [-0.4, -0.2) is 61.3 Å². The summed E-state index contributed by atoms with van der Waals surface area (Å²) in [6.07, 6.45) is 0.457. The zero-order chi connectivity index (χ0) is 24.2. The largest absolute Gasteiger partial charge is 0.340 e. The van der Waals surface area contributed by atoms with Crippen molar-refractivity contribution in [3.05, 3.63) is 51.2 Å². The van der Waals surface area contributed by atoms with E-state index in [1.807, 2.05) is 26.0 Å². The van der Waals surface area contributed by atoms with Crippen LogP contribution in [0.4, 0.5) is 0 Å². The Hall–Kier alpha value is -2.36. The van der Waals surface area contributed by atoms with Gasteiger partial charge in [0.1, 0.15) is 5.78 Å². The SMILES string of the molecule is Cc1ccc(S(=O)(=O)N2CCN(C(=O)CCC(=O)CCC(=O)c3ccc(C)s3)CC2)c(C)c1. The normalized spacial score (nSPS) is 14.9. The zero-order valence-corrected chi connectivity index (χ0v) is 20.9. The van der Waals surface area contributed by atoms with Gasteiger partial charge in [-0.25, -0.2) is 8.42 Å². The fraction of sp³-hybridized carbons (Fsp3) is 0.458. The van der Waals surface area contributed by atoms with Crippen LogP contribution < -0.4 is 0 Å². The first-order valence-electron chi connectivity index (χ1n) is 11.0. The van der Waals surface area contributed by atoms with Gasteiger partial charge in [0.25, 0.3) is 0 Å². The number of ketones is 2. The summed E-state index contributed by atoms with van der Waals surface area (Å²) in [5, 5.41) is 0. The fourth-order valence-electron chi connectivity index (χ4n) is 3.90. The van der Waals surface area contributed by atoms with E-state index in [1.165, 1.54) is 15.6 Å². The molecule has 1 aliphatic rings. The molecule has 1 aromatic heterocycles. The van der Waals surface area contributed by atoms with Gasteiger partial charge >= 0.3 is 0 Å². The van der Waals surface area contributed by atoms with Gasteiger partial charge in [0.15, 0.2) is 5.78 Å². The quantitative estimate of drug-likeness (QED) is 0.502. The van der Waals surface area contributed by atoms with E-state index in [1.54, 1.807) is 30.0 Å². The van der Waals surface area contributed by atoms with Gasteiger partial charge in [-0.2, -0.15) is 4.31 Å². The summed E-state index contributed by atoms with van der Waals surface area (Å²) in [6, 6.07) is 8.92. The molecule has 0 radical (unpaired) electrons. The molecule has 0 unspecified atom stereocenters. The van der Waals surface area contributed by atoms with Crippen molar-refractivity contribution >= 4 is 38.8 Å². The van der Waals surface area contributed by atoms with Gasteiger partial charge in [-0.3, -0.25) is 14.4 Å². The maximum absolute atomic E-state index is 13.0. The second-order valence-corrected chi connectivity index (χ2v) is 11.6. The Kier molecular flexibility index (Phi) is 8.20. The molecular weight excluding hydrogens is 460 g/mol. The number of sulfonamides is 1. The van der Waals surface area contributed by atoms with Gasteiger partial charge in [0, 0.05) is 56.7 Å². The highest BCUT2D eigenvalue weighted by atomic mass is 32.2. The van der Waals surface area contributed by atoms with Gasteiger partial charge in [0.05, 0.1) is 9.77 Å². The van der Waals surface area contributed by atoms with E-state index in [9.17, 15) is 22.8 Å². The molecule has 1 saturated heterocycles. The van der Waals surface area contributed by atoms with Crippen LogP contribution in [0.1, 0.15) is 51.4 Å². The molecule has 3 rings (SSSR count). The van der Waals surface area contributed by atoms with Gasteiger partial charge in [-0.05, 0) is 44.5 Å². The van der Waals surface area contributed by atoms with E-state index in [-0.39, 0.29) is 56.2 Å². The Balaban J connectivity index is 1.44. The molecule has 1 aliphatic heterocycles. The number of amides is 1. The van der Waals surface area contributed by atoms with Crippen molar-refractivity contribution in [2.45, 2.75) is 51.3 Å². The third-order valence-electron chi connectivity index (χ3n) is 5.80. The third-order valence-corrected chi connectivity index (χ3v) is 8.90. The number of carbonyl (C=O) groups is 3. The van der Waals surface area contributed by atoms with E-state index in [0.717, 1.165) is 10.4 Å². The first kappa shape index (κ1) is 25.3. The van der Waals surface area contributed by atoms with E-state index in [2.05, 4.69) is 0 Å². The van der Waals surface area contributed by atoms with E-state index < -0.39 is 10.0 Å². The summed E-state index contributed by atoms with van der Waals surface area (Å²) in [4.78, 5) is 40.4. The molecule has 1 fully saturated rings. The number of aryl methyl sites for hydroxylation is 3. The van der Waals surface area contributed by atoms with Crippen molar-refractivity contribution < 1.29 is 22.8 Å². The summed E-state index contributed by atoms with van der Waals surface area (Å²) < 4.78 is 27.4. The third kappa shape index (κ3) is 6.37. The summed E-state index contributed by atoms with van der Waals surface area (Å²) in [7, 11) is -3.61. The zero-order valence-electron chi connectivity index (χ0n) is 19.3. The highest BCUT2D eigenvalue weighted by Gasteiger charge is 2.31. The topological polar surface area (TPSA) is 91.8 Å². The number of thiophene rings is 1. The predicted molar refractivity (Wildman–Crippen MR) is 128 cm³/mol. The van der Waals surface area contributed by atoms with Crippen molar-refractivity contribution in [1.29, 1.82) is 0 Å². The van der Waals surface area contributed by atoms with Gasteiger partial charge in [-0.15, -0.1) is 11.3 Å². The Bertz CT molecular complexity index is 1150. The molecule has 2 aromatic rings. The Morgan fingerprint density at radius 3 is 2.15 bits per heavy atom. The molecule has 0 bridgehead atoms. The van der Waals surface area contributed by atoms with Gasteiger partial charge in [-0.1, -0.05) is 17.7 Å². The van der Waals surface area contributed by atoms with Crippen LogP contribution >= 0.6 is 11.3 Å². The molecule has 33 heavy (non-hydrogen) atoms. The lowest BCUT2D eigenvalue weighted by atomic mass is 10.1. The smallest absolute Gasteiger partial charge is 0.243 e. The van der Waals surface area contributed by atoms with Crippen LogP contribution in [0.5, 0.6) is 0 Å². The van der Waals surface area contributed by atoms with Crippen LogP contribution in [0, 0.1) is 20.8 Å². The van der Waals surface area contributed by atoms with Crippen molar-refractivity contribution in [2.24, 2.45) is 0 Å². The molecule has 0 saturated carbocycles. The minimum atomic E-state index is -3.61. The lowest BCUT2D eigenvalue weighted by Crippen LogP contribution is -2.50. The summed E-state index contributed by atoms with van der Waals surface area (Å²) in [6.45, 7) is 6.68. The molecule has 0 atom stereocenters. The van der Waals surface area contributed by atoms with Crippen molar-refractivity contribution in [1.82, 2.24) is 9.21 Å². The molecule has 0 spiro atoms. The molecule has 1 amide bonds. The summed E-state index contributed by atoms with van der Waals surface area (Å²) in [5.74, 6) is -0.318. The minimum absolute atomic E-state index is 0.0473. The first-order valence-corrected chi connectivity index (χ1v) is 13.3. The Morgan fingerprint density at radius 1 is 0.879 bits per heavy atom. The number of hydrogen-bond donors (Lipinski definition) is 0. The molecule has 9 heteroatoms. The number of Topliss-reactive ketones (excluding diaryl/α,β-unsaturated/α-hetero) is 2. The standard InChI is InChI=1S/C24H30N2O5S2/c1-17-4-10-23(18(2)16-17)33(30,31)26-14-12-25(13-15-26)24(29)11-7-20(27)6-8-21(28)22-9-5-19(3)32-22/h4-5,9-10,16H,6-8,11-15H2,1-3H3. The minimum Gasteiger partial charge on any atom is -0.340 e. The van der Waals surface area contributed by atoms with E-state index in [0.29, 0.717) is 28.4 Å². The maximum atomic E-state index is 13.0. The Labute approximate surface area is 199 Å². The van der Waals surface area contributed by atoms with Crippen LogP contribution in [0.25, 0.3) is 0 Å². The maximum Gasteiger partial charge on any atom is 0.243 e. The van der Waals surface area contributed by atoms with Gasteiger partial charge in [0.2, 0.25) is 15.9 Å². The van der Waals surface area contributed by atoms with Gasteiger partial charge < -0.3 is 4.90 Å². The lowest BCUT2D eigenvalue weighted by Gasteiger charge is -2.34. The van der Waals surface area contributed by atoms with E-state index >= 15 is 0 Å². The average Bonchev–Trinajstić information content (AvgIpc) is 3.22. The summed E-state index contributed by atoms with van der Waals surface area (Å²) in [5.41, 5.74) is 1.71. The molecule has 0 aliphatic carbocycles. The highest BCUT2D eigenvalue weighted by Crippen LogP contribution is 2.22. The number of rotatable bonds is 9. The molecule has 0 N–H and O–H groups in total. The second kappa shape index (κ2) is 10.7. The van der Waals surface area contributed by atoms with Crippen molar-refractivity contribution in [3.63, 3.8) is 0 Å². The first-order chi connectivity index (χ1) is 15.6. The van der Waals surface area contributed by atoms with E-state index in [4.69, 9.17) is 0 Å². The monoisotopic (exact) mass is 490 g/mol. The number of carbonyl (C=O) groups excluding carboxylic acids is 3. The number of nitrogens with zero attached hydrogens (tertiary/aromatic N) is 2. The average molecular weight is 491 g/mol. The fourth-order valence-corrected chi connectivity index (χ4v) is 6.36.